The van der Waals surface area contributed by atoms with Crippen molar-refractivity contribution in [2.75, 3.05) is 30.4 Å². The molecule has 3 rings (SSSR count). The lowest BCUT2D eigenvalue weighted by Gasteiger charge is -2.31. The minimum atomic E-state index is -0.412. The lowest BCUT2D eigenvalue weighted by atomic mass is 10.0. The van der Waals surface area contributed by atoms with Gasteiger partial charge in [0.15, 0.2) is 0 Å². The Morgan fingerprint density at radius 2 is 2.20 bits per heavy atom. The molecule has 0 radical (unpaired) electrons. The van der Waals surface area contributed by atoms with Crippen LogP contribution in [0.2, 0.25) is 5.02 Å². The Hall–Kier alpha value is -2.34. The second-order valence-corrected chi connectivity index (χ2v) is 6.67. The first-order chi connectivity index (χ1) is 12.1. The van der Waals surface area contributed by atoms with Crippen molar-refractivity contribution in [2.45, 2.75) is 19.8 Å². The summed E-state index contributed by atoms with van der Waals surface area (Å²) in [5.41, 5.74) is 1.02. The van der Waals surface area contributed by atoms with Gasteiger partial charge in [0, 0.05) is 19.2 Å². The third-order valence-corrected chi connectivity index (χ3v) is 4.61. The van der Waals surface area contributed by atoms with E-state index in [2.05, 4.69) is 27.1 Å². The minimum Gasteiger partial charge on any atom is -0.465 e. The van der Waals surface area contributed by atoms with E-state index in [0.29, 0.717) is 28.0 Å². The van der Waals surface area contributed by atoms with Crippen LogP contribution in [0.4, 0.5) is 17.3 Å². The van der Waals surface area contributed by atoms with Crippen LogP contribution in [0.1, 0.15) is 30.1 Å². The SMILES string of the molecule is COC(=O)c1ccc(Cl)c(Nc2cc(N3CCCC(C)C3)ncn2)c1. The highest BCUT2D eigenvalue weighted by Gasteiger charge is 2.18. The average Bonchev–Trinajstić information content (AvgIpc) is 2.63. The van der Waals surface area contributed by atoms with Gasteiger partial charge in [-0.25, -0.2) is 14.8 Å². The number of halogens is 1. The molecule has 0 saturated carbocycles. The summed E-state index contributed by atoms with van der Waals surface area (Å²) in [6.45, 7) is 4.25. The third-order valence-electron chi connectivity index (χ3n) is 4.28. The molecule has 1 atom stereocenters. The zero-order valence-electron chi connectivity index (χ0n) is 14.3. The van der Waals surface area contributed by atoms with Gasteiger partial charge in [-0.15, -0.1) is 0 Å². The average molecular weight is 361 g/mol. The van der Waals surface area contributed by atoms with E-state index in [-0.39, 0.29) is 0 Å². The molecule has 2 heterocycles. The Labute approximate surface area is 152 Å². The van der Waals surface area contributed by atoms with Crippen LogP contribution < -0.4 is 10.2 Å². The fourth-order valence-corrected chi connectivity index (χ4v) is 3.15. The summed E-state index contributed by atoms with van der Waals surface area (Å²) in [4.78, 5) is 22.6. The quantitative estimate of drug-likeness (QED) is 0.834. The summed E-state index contributed by atoms with van der Waals surface area (Å²) in [5, 5.41) is 3.66. The number of hydrogen-bond acceptors (Lipinski definition) is 6. The summed E-state index contributed by atoms with van der Waals surface area (Å²) < 4.78 is 4.75. The number of rotatable bonds is 4. The normalized spacial score (nSPS) is 17.2. The minimum absolute atomic E-state index is 0.412. The molecule has 0 amide bonds. The van der Waals surface area contributed by atoms with Crippen LogP contribution in [0, 0.1) is 5.92 Å². The van der Waals surface area contributed by atoms with Crippen molar-refractivity contribution in [3.05, 3.63) is 41.2 Å². The van der Waals surface area contributed by atoms with E-state index in [9.17, 15) is 4.79 Å². The van der Waals surface area contributed by atoms with Crippen molar-refractivity contribution in [1.82, 2.24) is 9.97 Å². The van der Waals surface area contributed by atoms with Crippen LogP contribution >= 0.6 is 11.6 Å². The number of nitrogens with zero attached hydrogens (tertiary/aromatic N) is 3. The first kappa shape index (κ1) is 17.5. The fraction of sp³-hybridized carbons (Fsp3) is 0.389. The molecule has 6 nitrogen and oxygen atoms in total. The predicted molar refractivity (Wildman–Crippen MR) is 98.7 cm³/mol. The van der Waals surface area contributed by atoms with E-state index in [0.717, 1.165) is 18.9 Å². The molecule has 132 valence electrons. The number of hydrogen-bond donors (Lipinski definition) is 1. The molecule has 0 aliphatic carbocycles. The fourth-order valence-electron chi connectivity index (χ4n) is 2.99. The van der Waals surface area contributed by atoms with E-state index in [1.807, 2.05) is 6.07 Å². The molecule has 0 bridgehead atoms. The number of carbonyl (C=O) groups excluding carboxylic acids is 1. The van der Waals surface area contributed by atoms with Crippen LogP contribution in [0.25, 0.3) is 0 Å². The number of aromatic nitrogens is 2. The van der Waals surface area contributed by atoms with Gasteiger partial charge in [-0.1, -0.05) is 18.5 Å². The number of piperidine rings is 1. The van der Waals surface area contributed by atoms with Crippen molar-refractivity contribution in [3.8, 4) is 0 Å². The standard InChI is InChI=1S/C18H21ClN4O2/c1-12-4-3-7-23(10-12)17-9-16(20-11-21-17)22-15-8-13(18(24)25-2)5-6-14(15)19/h5-6,8-9,11-12H,3-4,7,10H2,1-2H3,(H,20,21,22). The van der Waals surface area contributed by atoms with Crippen molar-refractivity contribution < 1.29 is 9.53 Å². The number of carbonyl (C=O) groups is 1. The number of methoxy groups -OCH3 is 1. The van der Waals surface area contributed by atoms with E-state index in [1.165, 1.54) is 26.3 Å². The number of nitrogens with one attached hydrogen (secondary N) is 1. The smallest absolute Gasteiger partial charge is 0.337 e. The number of ether oxygens (including phenoxy) is 1. The molecule has 7 heteroatoms. The van der Waals surface area contributed by atoms with Crippen molar-refractivity contribution in [1.29, 1.82) is 0 Å². The Morgan fingerprint density at radius 1 is 1.36 bits per heavy atom. The lowest BCUT2D eigenvalue weighted by molar-refractivity contribution is 0.0601. The highest BCUT2D eigenvalue weighted by molar-refractivity contribution is 6.33. The van der Waals surface area contributed by atoms with Crippen LogP contribution in [-0.4, -0.2) is 36.1 Å². The van der Waals surface area contributed by atoms with Crippen molar-refractivity contribution in [3.63, 3.8) is 0 Å². The lowest BCUT2D eigenvalue weighted by Crippen LogP contribution is -2.34. The topological polar surface area (TPSA) is 67.3 Å². The Kier molecular flexibility index (Phi) is 5.38. The maximum atomic E-state index is 11.7. The third kappa shape index (κ3) is 4.20. The van der Waals surface area contributed by atoms with Crippen molar-refractivity contribution in [2.24, 2.45) is 5.92 Å². The Morgan fingerprint density at radius 3 is 2.96 bits per heavy atom. The molecule has 1 N–H and O–H groups in total. The van der Waals surface area contributed by atoms with Crippen LogP contribution in [0.5, 0.6) is 0 Å². The molecule has 1 saturated heterocycles. The van der Waals surface area contributed by atoms with E-state index < -0.39 is 5.97 Å². The van der Waals surface area contributed by atoms with Gasteiger partial charge >= 0.3 is 5.97 Å². The van der Waals surface area contributed by atoms with Gasteiger partial charge < -0.3 is 15.0 Å². The first-order valence-electron chi connectivity index (χ1n) is 8.28. The largest absolute Gasteiger partial charge is 0.465 e. The number of esters is 1. The first-order valence-corrected chi connectivity index (χ1v) is 8.66. The maximum absolute atomic E-state index is 11.7. The summed E-state index contributed by atoms with van der Waals surface area (Å²) >= 11 is 6.23. The van der Waals surface area contributed by atoms with Crippen molar-refractivity contribution >= 4 is 34.9 Å². The second-order valence-electron chi connectivity index (χ2n) is 6.27. The predicted octanol–water partition coefficient (Wildman–Crippen LogP) is 3.90. The summed E-state index contributed by atoms with van der Waals surface area (Å²) in [6, 6.07) is 6.84. The molecular weight excluding hydrogens is 340 g/mol. The second kappa shape index (κ2) is 7.70. The zero-order chi connectivity index (χ0) is 17.8. The monoisotopic (exact) mass is 360 g/mol. The Bertz CT molecular complexity index is 768. The number of benzene rings is 1. The van der Waals surface area contributed by atoms with Gasteiger partial charge in [0.2, 0.25) is 0 Å². The molecule has 1 aliphatic heterocycles. The number of anilines is 3. The van der Waals surface area contributed by atoms with E-state index in [4.69, 9.17) is 16.3 Å². The molecule has 25 heavy (non-hydrogen) atoms. The molecular formula is C18H21ClN4O2. The van der Waals surface area contributed by atoms with Gasteiger partial charge in [0.1, 0.15) is 18.0 Å². The summed E-state index contributed by atoms with van der Waals surface area (Å²) in [6.07, 6.45) is 3.96. The van der Waals surface area contributed by atoms with Gasteiger partial charge in [-0.2, -0.15) is 0 Å². The molecule has 2 aromatic rings. The molecule has 1 aromatic heterocycles. The van der Waals surface area contributed by atoms with Gasteiger partial charge in [-0.05, 0) is 37.0 Å². The Balaban J connectivity index is 1.81. The van der Waals surface area contributed by atoms with Gasteiger partial charge in [0.25, 0.3) is 0 Å². The highest BCUT2D eigenvalue weighted by Crippen LogP contribution is 2.28. The van der Waals surface area contributed by atoms with Crippen LogP contribution in [-0.2, 0) is 4.74 Å². The molecule has 1 aliphatic rings. The summed E-state index contributed by atoms with van der Waals surface area (Å²) in [5.74, 6) is 1.77. The zero-order valence-corrected chi connectivity index (χ0v) is 15.1. The summed E-state index contributed by atoms with van der Waals surface area (Å²) in [7, 11) is 1.35. The van der Waals surface area contributed by atoms with E-state index >= 15 is 0 Å². The molecule has 1 fully saturated rings. The molecule has 1 aromatic carbocycles. The van der Waals surface area contributed by atoms with E-state index in [1.54, 1.807) is 18.2 Å². The molecule has 0 spiro atoms. The van der Waals surface area contributed by atoms with Crippen LogP contribution in [0.3, 0.4) is 0 Å². The highest BCUT2D eigenvalue weighted by atomic mass is 35.5. The molecule has 1 unspecified atom stereocenters. The van der Waals surface area contributed by atoms with Gasteiger partial charge in [0.05, 0.1) is 23.4 Å². The maximum Gasteiger partial charge on any atom is 0.337 e. The van der Waals surface area contributed by atoms with Gasteiger partial charge in [-0.3, -0.25) is 0 Å². The van der Waals surface area contributed by atoms with Crippen LogP contribution in [0.15, 0.2) is 30.6 Å².